The van der Waals surface area contributed by atoms with Crippen LogP contribution in [-0.4, -0.2) is 53.6 Å². The van der Waals surface area contributed by atoms with E-state index in [-0.39, 0.29) is 34.7 Å². The molecule has 4 aliphatic carbocycles. The van der Waals surface area contributed by atoms with Crippen LogP contribution in [0.25, 0.3) is 0 Å². The molecule has 5 rings (SSSR count). The van der Waals surface area contributed by atoms with Crippen molar-refractivity contribution in [1.29, 1.82) is 0 Å². The molecule has 0 aromatic rings. The summed E-state index contributed by atoms with van der Waals surface area (Å²) in [5, 5.41) is 0. The van der Waals surface area contributed by atoms with Crippen LogP contribution >= 0.6 is 0 Å². The number of epoxide rings is 1. The molecule has 8 atom stereocenters. The van der Waals surface area contributed by atoms with Crippen molar-refractivity contribution >= 4 is 23.5 Å². The van der Waals surface area contributed by atoms with Crippen LogP contribution in [0.2, 0.25) is 0 Å². The van der Waals surface area contributed by atoms with Crippen LogP contribution in [0.15, 0.2) is 11.6 Å². The number of ether oxygens (including phenoxy) is 3. The molecule has 0 aromatic carbocycles. The van der Waals surface area contributed by atoms with Crippen molar-refractivity contribution in [3.63, 3.8) is 0 Å². The summed E-state index contributed by atoms with van der Waals surface area (Å²) in [5.74, 6) is -1.75. The van der Waals surface area contributed by atoms with E-state index in [4.69, 9.17) is 14.2 Å². The summed E-state index contributed by atoms with van der Waals surface area (Å²) >= 11 is 0. The molecule has 5 aliphatic rings. The Morgan fingerprint density at radius 3 is 2.59 bits per heavy atom. The van der Waals surface area contributed by atoms with Gasteiger partial charge in [-0.1, -0.05) is 19.4 Å². The third-order valence-corrected chi connectivity index (χ3v) is 9.89. The lowest BCUT2D eigenvalue weighted by Gasteiger charge is -2.56. The minimum absolute atomic E-state index is 0.0707. The predicted molar refractivity (Wildman–Crippen MR) is 117 cm³/mol. The van der Waals surface area contributed by atoms with Crippen LogP contribution in [-0.2, 0) is 33.4 Å². The zero-order valence-electron chi connectivity index (χ0n) is 20.3. The molecule has 186 valence electrons. The Balaban J connectivity index is 1.49. The highest BCUT2D eigenvalue weighted by Gasteiger charge is 2.82. The number of fused-ring (bicyclic) bond motifs is 3. The molecule has 0 bridgehead atoms. The summed E-state index contributed by atoms with van der Waals surface area (Å²) in [5.41, 5.74) is -1.52. The number of alkyl halides is 1. The van der Waals surface area contributed by atoms with E-state index < -0.39 is 41.5 Å². The van der Waals surface area contributed by atoms with Gasteiger partial charge >= 0.3 is 11.9 Å². The molecule has 1 spiro atoms. The molecule has 0 amide bonds. The van der Waals surface area contributed by atoms with Gasteiger partial charge in [-0.3, -0.25) is 14.4 Å². The number of halogens is 1. The van der Waals surface area contributed by atoms with Crippen molar-refractivity contribution in [3.05, 3.63) is 11.6 Å². The Kier molecular flexibility index (Phi) is 5.18. The minimum atomic E-state index is -1.84. The van der Waals surface area contributed by atoms with Gasteiger partial charge in [0.15, 0.2) is 24.2 Å². The van der Waals surface area contributed by atoms with E-state index >= 15 is 0 Å². The first kappa shape index (κ1) is 23.6. The highest BCUT2D eigenvalue weighted by atomic mass is 19.1. The van der Waals surface area contributed by atoms with E-state index in [1.165, 1.54) is 12.5 Å². The molecule has 8 heteroatoms. The monoisotopic (exact) mass is 476 g/mol. The molecule has 1 unspecified atom stereocenters. The molecular weight excluding hydrogens is 443 g/mol. The molecule has 1 saturated heterocycles. The Morgan fingerprint density at radius 2 is 1.91 bits per heavy atom. The number of carbonyl (C=O) groups is 4. The molecule has 0 aromatic heterocycles. The van der Waals surface area contributed by atoms with E-state index in [1.807, 2.05) is 13.0 Å². The van der Waals surface area contributed by atoms with Crippen molar-refractivity contribution in [3.8, 4) is 0 Å². The minimum Gasteiger partial charge on any atom is -0.455 e. The standard InChI is InChI=1S/C26H33FO7/c1-14(27)22(31)32-13-20(30)25(33-15(2)28)10-8-18-19-6-5-16-11-17(29)7-9-23(16,3)26(19)21(34-26)12-24(18,25)4/h11,14,18-19,21H,5-10,12-13H2,1-4H3/t14?,18-,19-,21-,23-,24-,25-,26+/m0/s1. The van der Waals surface area contributed by atoms with Crippen molar-refractivity contribution < 1.29 is 37.8 Å². The number of esters is 2. The van der Waals surface area contributed by atoms with Crippen LogP contribution in [0.3, 0.4) is 0 Å². The molecule has 1 aliphatic heterocycles. The maximum absolute atomic E-state index is 13.5. The second-order valence-corrected chi connectivity index (χ2v) is 11.3. The zero-order valence-corrected chi connectivity index (χ0v) is 20.3. The Morgan fingerprint density at radius 1 is 1.18 bits per heavy atom. The maximum atomic E-state index is 13.5. The molecule has 0 radical (unpaired) electrons. The van der Waals surface area contributed by atoms with E-state index in [0.29, 0.717) is 25.7 Å². The molecule has 0 N–H and O–H groups in total. The fraction of sp³-hybridized carbons (Fsp3) is 0.769. The second-order valence-electron chi connectivity index (χ2n) is 11.3. The predicted octanol–water partition coefficient (Wildman–Crippen LogP) is 3.42. The van der Waals surface area contributed by atoms with Gasteiger partial charge in [-0.25, -0.2) is 9.18 Å². The zero-order chi connectivity index (χ0) is 24.7. The summed E-state index contributed by atoms with van der Waals surface area (Å²) in [7, 11) is 0. The van der Waals surface area contributed by atoms with Crippen molar-refractivity contribution in [1.82, 2.24) is 0 Å². The maximum Gasteiger partial charge on any atom is 0.340 e. The first-order valence-corrected chi connectivity index (χ1v) is 12.4. The van der Waals surface area contributed by atoms with Crippen LogP contribution < -0.4 is 0 Å². The lowest BCUT2D eigenvalue weighted by atomic mass is 9.46. The van der Waals surface area contributed by atoms with Gasteiger partial charge in [-0.05, 0) is 63.4 Å². The normalized spacial score (nSPS) is 45.0. The van der Waals surface area contributed by atoms with Crippen molar-refractivity contribution in [2.45, 2.75) is 96.1 Å². The number of Topliss-reactive ketones (excluding diaryl/α,β-unsaturated/α-hetero) is 1. The summed E-state index contributed by atoms with van der Waals surface area (Å²) in [6.07, 6.45) is 4.39. The van der Waals surface area contributed by atoms with Gasteiger partial charge in [0.1, 0.15) is 5.60 Å². The average Bonchev–Trinajstić information content (AvgIpc) is 3.41. The number of ketones is 2. The summed E-state index contributed by atoms with van der Waals surface area (Å²) in [6, 6.07) is 0. The fourth-order valence-corrected chi connectivity index (χ4v) is 8.30. The van der Waals surface area contributed by atoms with Gasteiger partial charge in [0, 0.05) is 24.2 Å². The van der Waals surface area contributed by atoms with Crippen LogP contribution in [0.4, 0.5) is 4.39 Å². The number of rotatable bonds is 5. The van der Waals surface area contributed by atoms with Crippen LogP contribution in [0, 0.1) is 22.7 Å². The topological polar surface area (TPSA) is 99.3 Å². The van der Waals surface area contributed by atoms with Crippen LogP contribution in [0.5, 0.6) is 0 Å². The van der Waals surface area contributed by atoms with Gasteiger partial charge in [0.25, 0.3) is 0 Å². The highest BCUT2D eigenvalue weighted by molar-refractivity contribution is 5.94. The summed E-state index contributed by atoms with van der Waals surface area (Å²) in [6.45, 7) is 5.92. The second kappa shape index (κ2) is 7.45. The Hall–Kier alpha value is -2.09. The summed E-state index contributed by atoms with van der Waals surface area (Å²) < 4.78 is 30.6. The average molecular weight is 477 g/mol. The van der Waals surface area contributed by atoms with Gasteiger partial charge in [0.05, 0.1) is 6.10 Å². The Bertz CT molecular complexity index is 1000. The van der Waals surface area contributed by atoms with Gasteiger partial charge in [-0.15, -0.1) is 0 Å². The largest absolute Gasteiger partial charge is 0.455 e. The third kappa shape index (κ3) is 2.90. The summed E-state index contributed by atoms with van der Waals surface area (Å²) in [4.78, 5) is 49.5. The van der Waals surface area contributed by atoms with E-state index in [9.17, 15) is 23.6 Å². The smallest absolute Gasteiger partial charge is 0.340 e. The first-order chi connectivity index (χ1) is 15.9. The lowest BCUT2D eigenvalue weighted by Crippen LogP contribution is -2.63. The third-order valence-electron chi connectivity index (χ3n) is 9.89. The fourth-order valence-electron chi connectivity index (χ4n) is 8.30. The molecular formula is C26H33FO7. The van der Waals surface area contributed by atoms with Crippen LogP contribution in [0.1, 0.15) is 72.6 Å². The molecule has 7 nitrogen and oxygen atoms in total. The SMILES string of the molecule is CC(=O)O[C@]1(C(=O)COC(=O)C(C)F)CC[C@H]2[C@@H]3CCC4=CC(=O)CC[C@]4(C)[C@@]34O[C@H]4C[C@@]21C. The lowest BCUT2D eigenvalue weighted by molar-refractivity contribution is -0.188. The van der Waals surface area contributed by atoms with E-state index in [0.717, 1.165) is 26.2 Å². The van der Waals surface area contributed by atoms with Crippen molar-refractivity contribution in [2.24, 2.45) is 22.7 Å². The highest BCUT2D eigenvalue weighted by Crippen LogP contribution is 2.76. The van der Waals surface area contributed by atoms with Crippen molar-refractivity contribution in [2.75, 3.05) is 6.61 Å². The number of hydrogen-bond acceptors (Lipinski definition) is 7. The molecule has 34 heavy (non-hydrogen) atoms. The quantitative estimate of drug-likeness (QED) is 0.443. The van der Waals surface area contributed by atoms with E-state index in [2.05, 4.69) is 6.92 Å². The van der Waals surface area contributed by atoms with Gasteiger partial charge in [-0.2, -0.15) is 0 Å². The van der Waals surface area contributed by atoms with Gasteiger partial charge in [0.2, 0.25) is 5.78 Å². The number of hydrogen-bond donors (Lipinski definition) is 0. The molecule has 3 saturated carbocycles. The van der Waals surface area contributed by atoms with Gasteiger partial charge < -0.3 is 14.2 Å². The number of carbonyl (C=O) groups excluding carboxylic acids is 4. The Labute approximate surface area is 198 Å². The van der Waals surface area contributed by atoms with E-state index in [1.54, 1.807) is 0 Å². The first-order valence-electron chi connectivity index (χ1n) is 12.4. The molecule has 4 fully saturated rings. The molecule has 1 heterocycles.